The maximum absolute atomic E-state index is 2.34. The third kappa shape index (κ3) is 0.615. The van der Waals surface area contributed by atoms with E-state index in [2.05, 4.69) is 31.2 Å². The summed E-state index contributed by atoms with van der Waals surface area (Å²) >= 11 is 0. The molecule has 0 N–H and O–H groups in total. The molecule has 1 saturated carbocycles. The van der Waals surface area contributed by atoms with E-state index in [0.717, 1.165) is 11.8 Å². The number of fused-ring (bicyclic) bond motifs is 5. The molecule has 12 heavy (non-hydrogen) atoms. The molecular weight excluding hydrogens is 144 g/mol. The van der Waals surface area contributed by atoms with E-state index in [1.54, 1.807) is 17.0 Å². The van der Waals surface area contributed by atoms with Crippen LogP contribution in [0.1, 0.15) is 42.7 Å². The third-order valence-electron chi connectivity index (χ3n) is 3.59. The van der Waals surface area contributed by atoms with E-state index < -0.39 is 0 Å². The lowest BCUT2D eigenvalue weighted by atomic mass is 9.92. The minimum Gasteiger partial charge on any atom is -0.0618 e. The Morgan fingerprint density at radius 1 is 1.08 bits per heavy atom. The summed E-state index contributed by atoms with van der Waals surface area (Å²) in [5, 5.41) is 0. The molecule has 3 rings (SSSR count). The molecule has 0 nitrogen and oxygen atoms in total. The molecule has 1 aromatic rings. The van der Waals surface area contributed by atoms with Gasteiger partial charge in [0.1, 0.15) is 17.8 Å². The second-order valence-corrected chi connectivity index (χ2v) is 4.06. The molecule has 2 atom stereocenters. The number of hydrogen-bond donors (Lipinski definition) is 0. The first kappa shape index (κ1) is 6.59. The van der Waals surface area contributed by atoms with Gasteiger partial charge in [-0.3, -0.25) is 0 Å². The molecule has 1 aromatic carbocycles. The van der Waals surface area contributed by atoms with Gasteiger partial charge in [-0.1, -0.05) is 24.3 Å². The average molecular weight is 157 g/mol. The van der Waals surface area contributed by atoms with Gasteiger partial charge < -0.3 is 0 Å². The average Bonchev–Trinajstić information content (AvgIpc) is 2.61. The van der Waals surface area contributed by atoms with Gasteiger partial charge in [-0.05, 0) is 12.8 Å². The Hall–Kier alpha value is -0.910. The second-order valence-electron chi connectivity index (χ2n) is 4.06. The van der Waals surface area contributed by atoms with Crippen LogP contribution < -0.4 is 0 Å². The van der Waals surface area contributed by atoms with Gasteiger partial charge in [0.2, 0.25) is 0 Å². The molecule has 0 aliphatic heterocycles. The van der Waals surface area contributed by atoms with E-state index >= 15 is 0 Å². The maximum atomic E-state index is 2.34. The fourth-order valence-corrected chi connectivity index (χ4v) is 2.98. The van der Waals surface area contributed by atoms with E-state index in [4.69, 9.17) is 0 Å². The zero-order chi connectivity index (χ0) is 8.13. The van der Waals surface area contributed by atoms with E-state index in [1.807, 2.05) is 0 Å². The van der Waals surface area contributed by atoms with Crippen LogP contribution in [0.15, 0.2) is 24.3 Å². The smallest absolute Gasteiger partial charge is 0.0618 e. The highest BCUT2D eigenvalue weighted by Crippen LogP contribution is 2.57. The summed E-state index contributed by atoms with van der Waals surface area (Å²) in [6.07, 6.45) is 2.79. The molecule has 0 heterocycles. The van der Waals surface area contributed by atoms with Gasteiger partial charge in [-0.2, -0.15) is 0 Å². The zero-order valence-corrected chi connectivity index (χ0v) is 7.38. The highest BCUT2D eigenvalue weighted by molar-refractivity contribution is 5.49. The Bertz CT molecular complexity index is 283. The van der Waals surface area contributed by atoms with Gasteiger partial charge in [0, 0.05) is 11.1 Å². The number of hydrogen-bond acceptors (Lipinski definition) is 0. The standard InChI is InChI=1S/C12H13/c1-8-9-6-7-10(8)12-5-3-2-4-11(9)12/h2-5,9-10H,6-7H2,1H3/q+1. The van der Waals surface area contributed by atoms with Crippen molar-refractivity contribution in [1.29, 1.82) is 0 Å². The summed E-state index contributed by atoms with van der Waals surface area (Å²) in [5.41, 5.74) is 3.23. The third-order valence-corrected chi connectivity index (χ3v) is 3.59. The van der Waals surface area contributed by atoms with Gasteiger partial charge >= 0.3 is 0 Å². The lowest BCUT2D eigenvalue weighted by Crippen LogP contribution is -1.95. The zero-order valence-electron chi connectivity index (χ0n) is 7.38. The quantitative estimate of drug-likeness (QED) is 0.507. The molecule has 1 fully saturated rings. The molecule has 2 aliphatic carbocycles. The number of rotatable bonds is 0. The van der Waals surface area contributed by atoms with Crippen molar-refractivity contribution in [2.24, 2.45) is 0 Å². The highest BCUT2D eigenvalue weighted by Gasteiger charge is 2.52. The molecule has 0 aromatic heterocycles. The van der Waals surface area contributed by atoms with Crippen molar-refractivity contribution in [3.05, 3.63) is 41.3 Å². The SMILES string of the molecule is C[C+]1C2CCC1c1ccccc12. The molecule has 0 heteroatoms. The molecule has 0 amide bonds. The first-order valence-electron chi connectivity index (χ1n) is 4.80. The predicted molar refractivity (Wildman–Crippen MR) is 50.1 cm³/mol. The maximum Gasteiger partial charge on any atom is 0.126 e. The molecule has 2 unspecified atom stereocenters. The molecule has 0 saturated heterocycles. The van der Waals surface area contributed by atoms with Gasteiger partial charge in [0.15, 0.2) is 0 Å². The number of benzene rings is 1. The highest BCUT2D eigenvalue weighted by atomic mass is 14.5. The van der Waals surface area contributed by atoms with Crippen LogP contribution in [-0.4, -0.2) is 0 Å². The summed E-state index contributed by atoms with van der Waals surface area (Å²) < 4.78 is 0. The van der Waals surface area contributed by atoms with Gasteiger partial charge in [-0.15, -0.1) is 0 Å². The van der Waals surface area contributed by atoms with E-state index in [1.165, 1.54) is 12.8 Å². The normalized spacial score (nSPS) is 30.9. The lowest BCUT2D eigenvalue weighted by Gasteiger charge is -2.06. The summed E-state index contributed by atoms with van der Waals surface area (Å²) in [4.78, 5) is 0. The first-order valence-corrected chi connectivity index (χ1v) is 4.80. The van der Waals surface area contributed by atoms with Gasteiger partial charge in [0.05, 0.1) is 6.92 Å². The largest absolute Gasteiger partial charge is 0.126 e. The molecule has 0 spiro atoms. The van der Waals surface area contributed by atoms with Crippen molar-refractivity contribution in [3.63, 3.8) is 0 Å². The van der Waals surface area contributed by atoms with Crippen LogP contribution >= 0.6 is 0 Å². The van der Waals surface area contributed by atoms with Crippen LogP contribution in [-0.2, 0) is 0 Å². The Labute approximate surface area is 73.6 Å². The van der Waals surface area contributed by atoms with Crippen LogP contribution in [0.5, 0.6) is 0 Å². The van der Waals surface area contributed by atoms with Crippen molar-refractivity contribution in [2.45, 2.75) is 31.6 Å². The van der Waals surface area contributed by atoms with E-state index in [9.17, 15) is 0 Å². The Balaban J connectivity index is 2.21. The Morgan fingerprint density at radius 2 is 1.58 bits per heavy atom. The van der Waals surface area contributed by atoms with Gasteiger partial charge in [0.25, 0.3) is 0 Å². The van der Waals surface area contributed by atoms with Crippen molar-refractivity contribution in [1.82, 2.24) is 0 Å². The minimum atomic E-state index is 0.811. The molecule has 60 valence electrons. The second kappa shape index (κ2) is 2.07. The fourth-order valence-electron chi connectivity index (χ4n) is 2.98. The predicted octanol–water partition coefficient (Wildman–Crippen LogP) is 3.26. The molecule has 2 aliphatic rings. The summed E-state index contributed by atoms with van der Waals surface area (Å²) in [6.45, 7) is 2.34. The van der Waals surface area contributed by atoms with E-state index in [-0.39, 0.29) is 0 Å². The van der Waals surface area contributed by atoms with Crippen LogP contribution in [0, 0.1) is 5.92 Å². The molecular formula is C12H13+. The van der Waals surface area contributed by atoms with Crippen LogP contribution in [0.4, 0.5) is 0 Å². The minimum absolute atomic E-state index is 0.811. The van der Waals surface area contributed by atoms with Crippen molar-refractivity contribution in [3.8, 4) is 0 Å². The fraction of sp³-hybridized carbons (Fsp3) is 0.417. The Morgan fingerprint density at radius 3 is 2.08 bits per heavy atom. The molecule has 2 bridgehead atoms. The van der Waals surface area contributed by atoms with Gasteiger partial charge in [-0.25, -0.2) is 0 Å². The molecule has 0 radical (unpaired) electrons. The van der Waals surface area contributed by atoms with Crippen molar-refractivity contribution >= 4 is 0 Å². The Kier molecular flexibility index (Phi) is 1.13. The van der Waals surface area contributed by atoms with E-state index in [0.29, 0.717) is 0 Å². The summed E-state index contributed by atoms with van der Waals surface area (Å²) in [6, 6.07) is 8.96. The van der Waals surface area contributed by atoms with Crippen molar-refractivity contribution < 1.29 is 0 Å². The summed E-state index contributed by atoms with van der Waals surface area (Å²) in [5.74, 6) is 3.34. The monoisotopic (exact) mass is 157 g/mol. The van der Waals surface area contributed by atoms with Crippen LogP contribution in [0.3, 0.4) is 0 Å². The van der Waals surface area contributed by atoms with Crippen molar-refractivity contribution in [2.75, 3.05) is 0 Å². The van der Waals surface area contributed by atoms with Crippen LogP contribution in [0.2, 0.25) is 0 Å². The topological polar surface area (TPSA) is 0 Å². The van der Waals surface area contributed by atoms with Crippen LogP contribution in [0.25, 0.3) is 0 Å². The first-order chi connectivity index (χ1) is 5.88. The lowest BCUT2D eigenvalue weighted by molar-refractivity contribution is 0.717. The summed E-state index contributed by atoms with van der Waals surface area (Å²) in [7, 11) is 0.